The van der Waals surface area contributed by atoms with E-state index in [2.05, 4.69) is 9.71 Å². The number of rotatable bonds is 5. The van der Waals surface area contributed by atoms with Gasteiger partial charge in [-0.25, -0.2) is 4.79 Å². The number of hydrogen-bond acceptors (Lipinski definition) is 6. The molecular weight excluding hydrogens is 441 g/mol. The van der Waals surface area contributed by atoms with Gasteiger partial charge in [-0.1, -0.05) is 26.0 Å². The van der Waals surface area contributed by atoms with Crippen LogP contribution in [0.1, 0.15) is 25.8 Å². The summed E-state index contributed by atoms with van der Waals surface area (Å²) in [4.78, 5) is 25.3. The first-order valence-electron chi connectivity index (χ1n) is 9.16. The number of halogens is 3. The van der Waals surface area contributed by atoms with Gasteiger partial charge in [-0.3, -0.25) is 13.9 Å². The number of benzene rings is 1. The highest BCUT2D eigenvalue weighted by Crippen LogP contribution is 2.29. The fourth-order valence-corrected chi connectivity index (χ4v) is 4.15. The van der Waals surface area contributed by atoms with Gasteiger partial charge < -0.3 is 10.4 Å². The Bertz CT molecular complexity index is 1280. The molecule has 1 aromatic carbocycles. The number of alkyl halides is 3. The van der Waals surface area contributed by atoms with Crippen LogP contribution in [0.25, 0.3) is 0 Å². The third kappa shape index (κ3) is 4.50. The van der Waals surface area contributed by atoms with Gasteiger partial charge in [-0.15, -0.1) is 4.40 Å². The van der Waals surface area contributed by atoms with E-state index >= 15 is 0 Å². The number of nitrogens with one attached hydrogen (secondary N) is 1. The third-order valence-corrected chi connectivity index (χ3v) is 5.87. The van der Waals surface area contributed by atoms with Gasteiger partial charge in [0.15, 0.2) is 5.84 Å². The quantitative estimate of drug-likeness (QED) is 0.703. The van der Waals surface area contributed by atoms with Crippen LogP contribution < -0.4 is 16.6 Å². The van der Waals surface area contributed by atoms with Gasteiger partial charge in [0.2, 0.25) is 5.88 Å². The molecule has 0 atom stereocenters. The van der Waals surface area contributed by atoms with Crippen LogP contribution in [0.2, 0.25) is 0 Å². The van der Waals surface area contributed by atoms with Crippen LogP contribution in [0.4, 0.5) is 18.9 Å². The second-order valence-electron chi connectivity index (χ2n) is 7.36. The molecule has 0 aliphatic carbocycles. The monoisotopic (exact) mass is 460 g/mol. The normalized spacial score (nSPS) is 15.4. The number of aromatic hydroxyl groups is 1. The average Bonchev–Trinajstić information content (AvgIpc) is 2.64. The molecule has 0 spiro atoms. The van der Waals surface area contributed by atoms with E-state index in [0.29, 0.717) is 4.57 Å². The lowest BCUT2D eigenvalue weighted by Crippen LogP contribution is -2.45. The minimum absolute atomic E-state index is 0.0111. The van der Waals surface area contributed by atoms with Crippen molar-refractivity contribution in [3.05, 3.63) is 50.7 Å². The SMILES string of the molecule is CC(C)CCn1c(=O)c(C2=NS(=O)(=O)c3ccccc3N2)c(O)n(CC(F)(F)F)c1=O. The van der Waals surface area contributed by atoms with Crippen molar-refractivity contribution in [2.45, 2.75) is 44.4 Å². The number of amidine groups is 1. The van der Waals surface area contributed by atoms with Crippen molar-refractivity contribution in [1.82, 2.24) is 9.13 Å². The van der Waals surface area contributed by atoms with Gasteiger partial charge in [0.25, 0.3) is 15.6 Å². The molecule has 3 rings (SSSR count). The number of fused-ring (bicyclic) bond motifs is 1. The van der Waals surface area contributed by atoms with Crippen LogP contribution in [-0.4, -0.2) is 34.7 Å². The lowest BCUT2D eigenvalue weighted by molar-refractivity contribution is -0.142. The van der Waals surface area contributed by atoms with E-state index in [4.69, 9.17) is 0 Å². The van der Waals surface area contributed by atoms with Gasteiger partial charge in [-0.2, -0.15) is 21.6 Å². The lowest BCUT2D eigenvalue weighted by Gasteiger charge is -2.21. The minimum atomic E-state index is -4.89. The second kappa shape index (κ2) is 7.87. The highest BCUT2D eigenvalue weighted by atomic mass is 32.2. The van der Waals surface area contributed by atoms with E-state index in [0.717, 1.165) is 0 Å². The van der Waals surface area contributed by atoms with E-state index in [9.17, 15) is 36.3 Å². The summed E-state index contributed by atoms with van der Waals surface area (Å²) in [5.74, 6) is -1.98. The Morgan fingerprint density at radius 1 is 1.16 bits per heavy atom. The molecule has 2 heterocycles. The maximum atomic E-state index is 13.0. The van der Waals surface area contributed by atoms with E-state index in [1.165, 1.54) is 24.3 Å². The highest BCUT2D eigenvalue weighted by molar-refractivity contribution is 7.90. The van der Waals surface area contributed by atoms with Gasteiger partial charge in [-0.05, 0) is 24.5 Å². The number of hydrogen-bond donors (Lipinski definition) is 2. The van der Waals surface area contributed by atoms with E-state index in [1.807, 2.05) is 0 Å². The first-order valence-corrected chi connectivity index (χ1v) is 10.6. The second-order valence-corrected chi connectivity index (χ2v) is 8.93. The molecule has 0 bridgehead atoms. The van der Waals surface area contributed by atoms with E-state index in [1.54, 1.807) is 13.8 Å². The molecule has 2 N–H and O–H groups in total. The number of sulfonamides is 1. The molecule has 2 aromatic rings. The summed E-state index contributed by atoms with van der Waals surface area (Å²) in [7, 11) is -4.31. The number of aromatic nitrogens is 2. The van der Waals surface area contributed by atoms with Crippen molar-refractivity contribution < 1.29 is 26.7 Å². The van der Waals surface area contributed by atoms with Gasteiger partial charge in [0.05, 0.1) is 5.69 Å². The van der Waals surface area contributed by atoms with Gasteiger partial charge >= 0.3 is 11.9 Å². The lowest BCUT2D eigenvalue weighted by atomic mass is 10.1. The molecule has 0 radical (unpaired) electrons. The molecule has 0 amide bonds. The van der Waals surface area contributed by atoms with Gasteiger partial charge in [0.1, 0.15) is 17.0 Å². The van der Waals surface area contributed by atoms with Crippen molar-refractivity contribution in [2.24, 2.45) is 10.3 Å². The summed E-state index contributed by atoms with van der Waals surface area (Å²) in [6, 6.07) is 5.55. The van der Waals surface area contributed by atoms with Crippen LogP contribution in [0.3, 0.4) is 0 Å². The standard InChI is InChI=1S/C18H19F3N4O5S/c1-10(2)7-8-24-15(26)13(16(27)25(17(24)28)9-18(19,20)21)14-22-11-5-3-4-6-12(11)31(29,30)23-14/h3-6,10,27H,7-9H2,1-2H3,(H,22,23). The zero-order valence-corrected chi connectivity index (χ0v) is 17.3. The van der Waals surface area contributed by atoms with Crippen LogP contribution in [0.15, 0.2) is 43.1 Å². The zero-order valence-electron chi connectivity index (χ0n) is 16.5. The predicted molar refractivity (Wildman–Crippen MR) is 106 cm³/mol. The summed E-state index contributed by atoms with van der Waals surface area (Å²) in [5, 5.41) is 13.0. The summed E-state index contributed by atoms with van der Waals surface area (Å²) in [5.41, 5.74) is -3.33. The minimum Gasteiger partial charge on any atom is -0.494 e. The fourth-order valence-electron chi connectivity index (χ4n) is 3.02. The maximum Gasteiger partial charge on any atom is 0.406 e. The van der Waals surface area contributed by atoms with Crippen molar-refractivity contribution in [3.8, 4) is 5.88 Å². The molecule has 9 nitrogen and oxygen atoms in total. The van der Waals surface area contributed by atoms with E-state index in [-0.39, 0.29) is 34.0 Å². The van der Waals surface area contributed by atoms with Crippen molar-refractivity contribution in [2.75, 3.05) is 5.32 Å². The highest BCUT2D eigenvalue weighted by Gasteiger charge is 2.35. The molecule has 168 valence electrons. The molecule has 1 aliphatic heterocycles. The Morgan fingerprint density at radius 3 is 2.42 bits per heavy atom. The summed E-state index contributed by atoms with van der Waals surface area (Å²) < 4.78 is 68.1. The number of para-hydroxylation sites is 1. The Labute approximate surface area is 174 Å². The molecule has 31 heavy (non-hydrogen) atoms. The first kappa shape index (κ1) is 22.6. The molecular formula is C18H19F3N4O5S. The molecule has 13 heteroatoms. The number of nitrogens with zero attached hydrogens (tertiary/aromatic N) is 3. The molecule has 1 aliphatic rings. The van der Waals surface area contributed by atoms with Crippen molar-refractivity contribution in [3.63, 3.8) is 0 Å². The van der Waals surface area contributed by atoms with Crippen molar-refractivity contribution in [1.29, 1.82) is 0 Å². The zero-order chi connectivity index (χ0) is 23.1. The largest absolute Gasteiger partial charge is 0.494 e. The molecule has 0 fully saturated rings. The fraction of sp³-hybridized carbons (Fsp3) is 0.389. The summed E-state index contributed by atoms with van der Waals surface area (Å²) in [6.45, 7) is 1.48. The Hall–Kier alpha value is -3.09. The van der Waals surface area contributed by atoms with Gasteiger partial charge in [0, 0.05) is 6.54 Å². The Balaban J connectivity index is 2.28. The van der Waals surface area contributed by atoms with E-state index < -0.39 is 51.3 Å². The smallest absolute Gasteiger partial charge is 0.406 e. The van der Waals surface area contributed by atoms with Crippen LogP contribution in [-0.2, 0) is 23.1 Å². The van der Waals surface area contributed by atoms with Crippen LogP contribution >= 0.6 is 0 Å². The summed E-state index contributed by atoms with van der Waals surface area (Å²) in [6.07, 6.45) is -4.61. The average molecular weight is 460 g/mol. The maximum absolute atomic E-state index is 13.0. The predicted octanol–water partition coefficient (Wildman–Crippen LogP) is 1.89. The molecule has 0 saturated heterocycles. The van der Waals surface area contributed by atoms with Crippen LogP contribution in [0, 0.1) is 5.92 Å². The molecule has 1 aromatic heterocycles. The first-order chi connectivity index (χ1) is 14.3. The number of anilines is 1. The summed E-state index contributed by atoms with van der Waals surface area (Å²) >= 11 is 0. The molecule has 0 unspecified atom stereocenters. The Kier molecular flexibility index (Phi) is 5.74. The topological polar surface area (TPSA) is 123 Å². The Morgan fingerprint density at radius 2 is 1.81 bits per heavy atom. The third-order valence-electron chi connectivity index (χ3n) is 4.53. The van der Waals surface area contributed by atoms with Crippen molar-refractivity contribution >= 4 is 21.5 Å². The van der Waals surface area contributed by atoms with Crippen LogP contribution in [0.5, 0.6) is 5.88 Å². The molecule has 0 saturated carbocycles.